The molecule has 1 aliphatic rings. The van der Waals surface area contributed by atoms with Crippen LogP contribution in [0.1, 0.15) is 73.4 Å². The summed E-state index contributed by atoms with van der Waals surface area (Å²) >= 11 is -0.0188. The second-order valence-corrected chi connectivity index (χ2v) is 11.4. The summed E-state index contributed by atoms with van der Waals surface area (Å²) in [5.74, 6) is -7.51. The normalized spacial score (nSPS) is 26.7. The van der Waals surface area contributed by atoms with Crippen molar-refractivity contribution in [2.45, 2.75) is 55.7 Å². The molecule has 278 valence electrons. The van der Waals surface area contributed by atoms with Crippen molar-refractivity contribution >= 4 is 28.6 Å². The number of amides is 1. The fraction of sp³-hybridized carbons (Fsp3) is 0.317. The highest BCUT2D eigenvalue weighted by Crippen LogP contribution is 2.32. The number of alkyl halides is 3. The van der Waals surface area contributed by atoms with Crippen LogP contribution in [0.2, 0.25) is 0 Å². The van der Waals surface area contributed by atoms with Gasteiger partial charge >= 0.3 is 6.18 Å². The highest BCUT2D eigenvalue weighted by atomic mass is 32.2. The van der Waals surface area contributed by atoms with Crippen molar-refractivity contribution in [2.75, 3.05) is 33.2 Å². The number of carbonyl (C=O) groups excluding carboxylic acids is 1. The van der Waals surface area contributed by atoms with Gasteiger partial charge in [0.25, 0.3) is 0 Å². The van der Waals surface area contributed by atoms with Gasteiger partial charge in [-0.25, -0.2) is 8.78 Å². The topological polar surface area (TPSA) is 54.8 Å². The number of aromatic nitrogens is 1. The average molecular weight is 778 g/mol. The van der Waals surface area contributed by atoms with Gasteiger partial charge in [0.2, 0.25) is 5.91 Å². The van der Waals surface area contributed by atoms with Gasteiger partial charge in [-0.1, -0.05) is 59.9 Å². The van der Waals surface area contributed by atoms with E-state index in [9.17, 15) is 32.0 Å². The van der Waals surface area contributed by atoms with Crippen LogP contribution in [0.4, 0.5) is 22.0 Å². The van der Waals surface area contributed by atoms with Crippen molar-refractivity contribution in [2.24, 2.45) is 0 Å². The third kappa shape index (κ3) is 9.17. The zero-order valence-electron chi connectivity index (χ0n) is 55.0. The summed E-state index contributed by atoms with van der Waals surface area (Å²) in [6, 6.07) is -27.1. The Balaban J connectivity index is 1.79. The Morgan fingerprint density at radius 1 is 1.02 bits per heavy atom. The van der Waals surface area contributed by atoms with E-state index in [1.54, 1.807) is 0 Å². The van der Waals surface area contributed by atoms with E-state index >= 15 is 9.18 Å². The minimum Gasteiger partial charge on any atom is -0.383 e. The molecule has 4 aromatic carbocycles. The number of fused-ring (bicyclic) bond motifs is 1. The Labute approximate surface area is 348 Å². The molecule has 1 aliphatic heterocycles. The molecule has 6 nitrogen and oxygen atoms in total. The van der Waals surface area contributed by atoms with Gasteiger partial charge in [0.15, 0.2) is 17.1 Å². The number of piperidine rings is 1. The first-order valence-electron chi connectivity index (χ1n) is 28.7. The van der Waals surface area contributed by atoms with Crippen LogP contribution < -0.4 is 5.43 Å². The number of halogens is 5. The summed E-state index contributed by atoms with van der Waals surface area (Å²) in [7, 11) is 0.670. The molecule has 1 amide bonds. The van der Waals surface area contributed by atoms with Crippen molar-refractivity contribution < 1.29 is 69.9 Å². The van der Waals surface area contributed by atoms with Gasteiger partial charge in [-0.3, -0.25) is 9.59 Å². The lowest BCUT2D eigenvalue weighted by molar-refractivity contribution is -0.137. The van der Waals surface area contributed by atoms with E-state index < -0.39 is 243 Å². The molecule has 53 heavy (non-hydrogen) atoms. The molecule has 1 fully saturated rings. The van der Waals surface area contributed by atoms with Crippen LogP contribution in [0, 0.1) is 18.6 Å². The number of methoxy groups -OCH3 is 1. The molecule has 0 aliphatic carbocycles. The smallest absolute Gasteiger partial charge is 0.383 e. The first-order valence-corrected chi connectivity index (χ1v) is 15.7. The van der Waals surface area contributed by atoms with Gasteiger partial charge in [0.1, 0.15) is 6.54 Å². The molecule has 6 rings (SSSR count). The largest absolute Gasteiger partial charge is 0.416 e. The lowest BCUT2D eigenvalue weighted by Gasteiger charge is -2.39. The van der Waals surface area contributed by atoms with Gasteiger partial charge in [-0.15, -0.1) is 11.8 Å². The summed E-state index contributed by atoms with van der Waals surface area (Å²) in [4.78, 5) is 28.4. The van der Waals surface area contributed by atoms with Gasteiger partial charge in [0.05, 0.1) is 50.1 Å². The molecule has 0 spiro atoms. The Kier molecular flexibility index (Phi) is 5.17. The number of nitrogens with zero attached hydrogens (tertiary/aromatic N) is 3. The van der Waals surface area contributed by atoms with E-state index in [1.165, 1.54) is 0 Å². The minimum atomic E-state index is -5.57. The summed E-state index contributed by atoms with van der Waals surface area (Å²) in [5, 5.41) is -2.08. The highest BCUT2D eigenvalue weighted by Gasteiger charge is 2.31. The Morgan fingerprint density at radius 2 is 1.70 bits per heavy atom. The fourth-order valence-corrected chi connectivity index (χ4v) is 5.31. The number of likely N-dealkylation sites (tertiary alicyclic amines) is 1. The van der Waals surface area contributed by atoms with E-state index in [1.807, 2.05) is 0 Å². The predicted molar refractivity (Wildman–Crippen MR) is 198 cm³/mol. The highest BCUT2D eigenvalue weighted by molar-refractivity contribution is 7.98. The second kappa shape index (κ2) is 16.7. The first-order chi connectivity index (χ1) is 36.6. The Hall–Kier alpha value is -4.52. The van der Waals surface area contributed by atoms with E-state index in [-0.39, 0.29) is 16.3 Å². The number of pyridine rings is 1. The van der Waals surface area contributed by atoms with Crippen LogP contribution in [0.25, 0.3) is 22.0 Å². The third-order valence-corrected chi connectivity index (χ3v) is 7.86. The lowest BCUT2D eigenvalue weighted by atomic mass is 10.00. The molecular weight excluding hydrogens is 710 g/mol. The van der Waals surface area contributed by atoms with Gasteiger partial charge in [0, 0.05) is 72.9 Å². The third-order valence-electron chi connectivity index (χ3n) is 6.84. The molecule has 0 saturated carbocycles. The van der Waals surface area contributed by atoms with Crippen LogP contribution in [0.5, 0.6) is 0 Å². The van der Waals surface area contributed by atoms with E-state index in [0.29, 0.717) is 7.11 Å². The summed E-state index contributed by atoms with van der Waals surface area (Å²) in [6.45, 7) is -19.5. The van der Waals surface area contributed by atoms with Crippen molar-refractivity contribution in [1.29, 1.82) is 0 Å². The van der Waals surface area contributed by atoms with E-state index in [4.69, 9.17) is 28.8 Å². The molecule has 0 bridgehead atoms. The number of carbonyl (C=O) groups is 1. The monoisotopic (exact) mass is 777 g/mol. The second-order valence-electron chi connectivity index (χ2n) is 10.4. The molecule has 0 radical (unpaired) electrons. The zero-order chi connectivity index (χ0) is 62.4. The molecule has 0 atom stereocenters. The lowest BCUT2D eigenvalue weighted by Crippen LogP contribution is -2.48. The molecule has 0 N–H and O–H groups in total. The minimum absolute atomic E-state index is 0.0188. The quantitative estimate of drug-likeness (QED) is 0.0938. The Bertz CT molecular complexity index is 3470. The van der Waals surface area contributed by atoms with Gasteiger partial charge in [-0.05, 0) is 66.6 Å². The number of thioether (sulfide) groups is 1. The van der Waals surface area contributed by atoms with Crippen LogP contribution in [0.3, 0.4) is 0 Å². The standard InChI is InChI=1S/C41H40F5N3O3S/c1-27-6-15-36-34(22-27)37(50)23-39(53-26-31-4-3-5-35(42)40(31)43)49(36)25-38(51)48(33-16-18-47(19-17-33)20-21-52-2)24-28-7-9-29(10-8-28)30-11-13-32(14-12-30)41(44,45)46/h3-15,22-23,33H,16-21,24-26H2,1-2H3/i3D,4D,5D,6D,7D,8D,9D,10D,11D,12D,13D,14D,15D,16D2,17D2,18D2,19D2,21D2,22D,23D,24D2,33D. The molecular formula is C41H40F5N3O3S. The maximum Gasteiger partial charge on any atom is 0.416 e. The fourth-order valence-electron chi connectivity index (χ4n) is 4.35. The number of ether oxygens (including phenoxy) is 1. The maximum absolute atomic E-state index is 15.8. The van der Waals surface area contributed by atoms with Crippen molar-refractivity contribution in [1.82, 2.24) is 14.4 Å². The van der Waals surface area contributed by atoms with Crippen molar-refractivity contribution in [3.05, 3.63) is 135 Å². The maximum atomic E-state index is 15.8. The number of rotatable bonds is 12. The zero-order valence-corrected chi connectivity index (χ0v) is 27.8. The molecule has 5 aromatic rings. The summed E-state index contributed by atoms with van der Waals surface area (Å²) in [6.07, 6.45) is -15.1. The van der Waals surface area contributed by atoms with Crippen LogP contribution >= 0.6 is 11.8 Å². The average Bonchev–Trinajstić information content (AvgIpc) is 2.48. The number of hydrogen-bond acceptors (Lipinski definition) is 5. The van der Waals surface area contributed by atoms with Crippen LogP contribution in [0.15, 0.2) is 100 Å². The van der Waals surface area contributed by atoms with Crippen molar-refractivity contribution in [3.63, 3.8) is 0 Å². The van der Waals surface area contributed by atoms with Gasteiger partial charge < -0.3 is 19.1 Å². The van der Waals surface area contributed by atoms with Crippen LogP contribution in [-0.4, -0.2) is 59.5 Å². The Morgan fingerprint density at radius 3 is 2.36 bits per heavy atom. The molecule has 1 aromatic heterocycles. The van der Waals surface area contributed by atoms with E-state index in [0.717, 1.165) is 6.92 Å². The molecule has 2 heterocycles. The van der Waals surface area contributed by atoms with E-state index in [2.05, 4.69) is 4.74 Å². The molecule has 1 saturated heterocycles. The molecule has 12 heteroatoms. The summed E-state index contributed by atoms with van der Waals surface area (Å²) in [5.41, 5.74) is -10.9. The number of hydrogen-bond donors (Lipinski definition) is 0. The summed E-state index contributed by atoms with van der Waals surface area (Å²) < 4.78 is 324. The predicted octanol–water partition coefficient (Wildman–Crippen LogP) is 8.71. The van der Waals surface area contributed by atoms with Gasteiger partial charge in [-0.2, -0.15) is 13.2 Å². The molecule has 0 unspecified atom stereocenters. The van der Waals surface area contributed by atoms with Crippen molar-refractivity contribution in [3.8, 4) is 11.1 Å². The number of benzene rings is 4. The first kappa shape index (κ1) is 16.5. The SMILES string of the molecule is [2H]c1c([2H])c(F)c(F)c(CSc2c([2H])c(=O)c3c([2H])c(C)c([2H])c([2H])c3n2CC(=O)N(C([2H])([2H])c2c([2H])c([2H])c(-c3c([2H])c([2H])c(C(F)(F)F)c([2H])c3[2H])c([2H])c2[2H])C2([2H])C([2H])([2H])C([2H])([2H])N(CC([2H])([2H])OC)C([2H])([2H])C2([2H])[2H])c1[2H]. The van der Waals surface area contributed by atoms with Crippen LogP contribution in [-0.2, 0) is 34.5 Å².